The Hall–Kier alpha value is -1.84. The minimum absolute atomic E-state index is 0. The van der Waals surface area contributed by atoms with E-state index < -0.39 is 0 Å². The Morgan fingerprint density at radius 3 is 2.05 bits per heavy atom. The molecule has 118 valence electrons. The zero-order chi connectivity index (χ0) is 14.9. The Balaban J connectivity index is 0.00000242. The maximum atomic E-state index is 11.6. The maximum Gasteiger partial charge on any atom is 0.319 e. The van der Waals surface area contributed by atoms with Gasteiger partial charge in [-0.3, -0.25) is 9.69 Å². The van der Waals surface area contributed by atoms with E-state index in [0.29, 0.717) is 6.54 Å². The van der Waals surface area contributed by atoms with Crippen molar-refractivity contribution in [3.63, 3.8) is 0 Å². The van der Waals surface area contributed by atoms with Gasteiger partial charge in [0.1, 0.15) is 0 Å². The lowest BCUT2D eigenvalue weighted by Crippen LogP contribution is -2.32. The highest BCUT2D eigenvalue weighted by molar-refractivity contribution is 5.85. The van der Waals surface area contributed by atoms with Crippen molar-refractivity contribution in [2.24, 2.45) is 0 Å². The molecule has 0 aromatic heterocycles. The van der Waals surface area contributed by atoms with Gasteiger partial charge in [-0.15, -0.1) is 12.4 Å². The summed E-state index contributed by atoms with van der Waals surface area (Å²) in [6, 6.07) is 20.5. The third kappa shape index (κ3) is 6.29. The van der Waals surface area contributed by atoms with Gasteiger partial charge in [-0.05, 0) is 17.5 Å². The molecule has 0 radical (unpaired) electrons. The van der Waals surface area contributed by atoms with Crippen LogP contribution in [0, 0.1) is 0 Å². The summed E-state index contributed by atoms with van der Waals surface area (Å²) in [4.78, 5) is 13.7. The van der Waals surface area contributed by atoms with Gasteiger partial charge < -0.3 is 4.74 Å². The van der Waals surface area contributed by atoms with E-state index in [4.69, 9.17) is 4.74 Å². The van der Waals surface area contributed by atoms with Gasteiger partial charge >= 0.3 is 5.97 Å². The van der Waals surface area contributed by atoms with E-state index in [2.05, 4.69) is 29.2 Å². The summed E-state index contributed by atoms with van der Waals surface area (Å²) in [6.45, 7) is 1.90. The average Bonchev–Trinajstić information content (AvgIpc) is 2.54. The van der Waals surface area contributed by atoms with Gasteiger partial charge in [-0.1, -0.05) is 60.7 Å². The zero-order valence-corrected chi connectivity index (χ0v) is 13.6. The molecule has 4 heteroatoms. The monoisotopic (exact) mass is 319 g/mol. The summed E-state index contributed by atoms with van der Waals surface area (Å²) < 4.78 is 4.79. The Morgan fingerprint density at radius 2 is 1.50 bits per heavy atom. The van der Waals surface area contributed by atoms with E-state index in [0.717, 1.165) is 19.5 Å². The second-order valence-corrected chi connectivity index (χ2v) is 5.01. The van der Waals surface area contributed by atoms with Crippen LogP contribution in [-0.4, -0.2) is 31.1 Å². The number of carbonyl (C=O) groups is 1. The predicted octanol–water partition coefficient (Wildman–Crippen LogP) is 3.33. The van der Waals surface area contributed by atoms with Crippen molar-refractivity contribution in [3.05, 3.63) is 71.8 Å². The number of esters is 1. The van der Waals surface area contributed by atoms with E-state index in [-0.39, 0.29) is 18.4 Å². The summed E-state index contributed by atoms with van der Waals surface area (Å²) in [7, 11) is 1.43. The minimum Gasteiger partial charge on any atom is -0.468 e. The fraction of sp³-hybridized carbons (Fsp3) is 0.278. The van der Waals surface area contributed by atoms with E-state index in [1.165, 1.54) is 18.2 Å². The van der Waals surface area contributed by atoms with Crippen LogP contribution in [0.5, 0.6) is 0 Å². The molecule has 0 amide bonds. The molecule has 2 aromatic carbocycles. The largest absolute Gasteiger partial charge is 0.468 e. The molecule has 2 aromatic rings. The zero-order valence-electron chi connectivity index (χ0n) is 12.8. The fourth-order valence-corrected chi connectivity index (χ4v) is 2.23. The van der Waals surface area contributed by atoms with E-state index >= 15 is 0 Å². The standard InChI is InChI=1S/C18H21NO2.ClH/c1-21-18(20)15-19(14-17-10-6-3-7-11-17)13-12-16-8-4-2-5-9-16;/h2-11H,12-15H2,1H3;1H. The summed E-state index contributed by atoms with van der Waals surface area (Å²) in [6.07, 6.45) is 0.921. The Morgan fingerprint density at radius 1 is 0.955 bits per heavy atom. The number of methoxy groups -OCH3 is 1. The smallest absolute Gasteiger partial charge is 0.319 e. The van der Waals surface area contributed by atoms with Crippen LogP contribution < -0.4 is 0 Å². The third-order valence-electron chi connectivity index (χ3n) is 3.39. The van der Waals surface area contributed by atoms with Crippen LogP contribution in [0.2, 0.25) is 0 Å². The van der Waals surface area contributed by atoms with Gasteiger partial charge in [0.15, 0.2) is 0 Å². The quantitative estimate of drug-likeness (QED) is 0.733. The first-order valence-electron chi connectivity index (χ1n) is 7.15. The van der Waals surface area contributed by atoms with E-state index in [1.807, 2.05) is 36.4 Å². The molecule has 0 heterocycles. The molecule has 0 unspecified atom stereocenters. The van der Waals surface area contributed by atoms with Crippen LogP contribution in [-0.2, 0) is 22.5 Å². The molecule has 2 rings (SSSR count). The molecule has 22 heavy (non-hydrogen) atoms. The summed E-state index contributed by atoms with van der Waals surface area (Å²) in [5.41, 5.74) is 2.48. The van der Waals surface area contributed by atoms with Crippen LogP contribution in [0.25, 0.3) is 0 Å². The summed E-state index contributed by atoms with van der Waals surface area (Å²) in [5.74, 6) is -0.195. The Labute approximate surface area is 138 Å². The number of carbonyl (C=O) groups excluding carboxylic acids is 1. The molecular weight excluding hydrogens is 298 g/mol. The highest BCUT2D eigenvalue weighted by atomic mass is 35.5. The number of halogens is 1. The highest BCUT2D eigenvalue weighted by Gasteiger charge is 2.11. The van der Waals surface area contributed by atoms with Gasteiger partial charge in [0.25, 0.3) is 0 Å². The van der Waals surface area contributed by atoms with Gasteiger partial charge in [-0.25, -0.2) is 0 Å². The van der Waals surface area contributed by atoms with Gasteiger partial charge in [0.2, 0.25) is 0 Å². The highest BCUT2D eigenvalue weighted by Crippen LogP contribution is 2.07. The Kier molecular flexibility index (Phi) is 8.26. The number of ether oxygens (including phenoxy) is 1. The molecule has 0 atom stereocenters. The molecule has 0 fully saturated rings. The third-order valence-corrected chi connectivity index (χ3v) is 3.39. The van der Waals surface area contributed by atoms with Crippen LogP contribution in [0.1, 0.15) is 11.1 Å². The Bertz CT molecular complexity index is 546. The van der Waals surface area contributed by atoms with Crippen LogP contribution in [0.4, 0.5) is 0 Å². The molecule has 0 saturated heterocycles. The summed E-state index contributed by atoms with van der Waals surface area (Å²) in [5, 5.41) is 0. The number of benzene rings is 2. The van der Waals surface area contributed by atoms with Gasteiger partial charge in [-0.2, -0.15) is 0 Å². The maximum absolute atomic E-state index is 11.6. The van der Waals surface area contributed by atoms with Crippen molar-refractivity contribution < 1.29 is 9.53 Å². The lowest BCUT2D eigenvalue weighted by molar-refractivity contribution is -0.142. The first kappa shape index (κ1) is 18.2. The van der Waals surface area contributed by atoms with E-state index in [9.17, 15) is 4.79 Å². The SMILES string of the molecule is COC(=O)CN(CCc1ccccc1)Cc1ccccc1.Cl. The molecule has 3 nitrogen and oxygen atoms in total. The van der Waals surface area contributed by atoms with Crippen molar-refractivity contribution in [2.75, 3.05) is 20.2 Å². The molecule has 0 spiro atoms. The molecule has 0 bridgehead atoms. The van der Waals surface area contributed by atoms with Crippen molar-refractivity contribution in [2.45, 2.75) is 13.0 Å². The van der Waals surface area contributed by atoms with Gasteiger partial charge in [0.05, 0.1) is 13.7 Å². The molecule has 0 aliphatic rings. The normalized spacial score (nSPS) is 10.1. The fourth-order valence-electron chi connectivity index (χ4n) is 2.23. The molecular formula is C18H22ClNO2. The molecule has 0 aliphatic heterocycles. The summed E-state index contributed by atoms with van der Waals surface area (Å²) >= 11 is 0. The second kappa shape index (κ2) is 9.98. The van der Waals surface area contributed by atoms with Gasteiger partial charge in [0, 0.05) is 13.1 Å². The molecule has 0 aliphatic carbocycles. The number of nitrogens with zero attached hydrogens (tertiary/aromatic N) is 1. The first-order valence-corrected chi connectivity index (χ1v) is 7.15. The van der Waals surface area contributed by atoms with Crippen LogP contribution in [0.3, 0.4) is 0 Å². The number of hydrogen-bond acceptors (Lipinski definition) is 3. The second-order valence-electron chi connectivity index (χ2n) is 5.01. The van der Waals surface area contributed by atoms with Crippen molar-refractivity contribution in [3.8, 4) is 0 Å². The van der Waals surface area contributed by atoms with Crippen LogP contribution in [0.15, 0.2) is 60.7 Å². The average molecular weight is 320 g/mol. The topological polar surface area (TPSA) is 29.5 Å². The lowest BCUT2D eigenvalue weighted by atomic mass is 10.1. The molecule has 0 N–H and O–H groups in total. The number of rotatable bonds is 7. The minimum atomic E-state index is -0.195. The van der Waals surface area contributed by atoms with Crippen molar-refractivity contribution >= 4 is 18.4 Å². The van der Waals surface area contributed by atoms with Crippen molar-refractivity contribution in [1.29, 1.82) is 0 Å². The predicted molar refractivity (Wildman–Crippen MR) is 91.1 cm³/mol. The van der Waals surface area contributed by atoms with E-state index in [1.54, 1.807) is 0 Å². The number of hydrogen-bond donors (Lipinski definition) is 0. The van der Waals surface area contributed by atoms with Crippen molar-refractivity contribution in [1.82, 2.24) is 4.90 Å². The first-order chi connectivity index (χ1) is 10.3. The van der Waals surface area contributed by atoms with Crippen LogP contribution >= 0.6 is 12.4 Å². The molecule has 0 saturated carbocycles. The lowest BCUT2D eigenvalue weighted by Gasteiger charge is -2.21.